The van der Waals surface area contributed by atoms with Crippen molar-refractivity contribution in [1.82, 2.24) is 4.98 Å². The molecule has 0 amide bonds. The van der Waals surface area contributed by atoms with E-state index in [-0.39, 0.29) is 22.6 Å². The lowest BCUT2D eigenvalue weighted by molar-refractivity contribution is -0.155. The number of ether oxygens (including phenoxy) is 4. The molecule has 0 saturated carbocycles. The highest BCUT2D eigenvalue weighted by Gasteiger charge is 2.46. The first-order valence-corrected chi connectivity index (χ1v) is 11.9. The molecule has 8 nitrogen and oxygen atoms in total. The second-order valence-corrected chi connectivity index (χ2v) is 8.89. The number of morpholine rings is 1. The zero-order valence-corrected chi connectivity index (χ0v) is 21.8. The van der Waals surface area contributed by atoms with E-state index in [1.54, 1.807) is 24.3 Å². The Morgan fingerprint density at radius 1 is 1.03 bits per heavy atom. The van der Waals surface area contributed by atoms with Gasteiger partial charge >= 0.3 is 6.18 Å². The Balaban J connectivity index is 1.84. The van der Waals surface area contributed by atoms with Crippen molar-refractivity contribution in [3.63, 3.8) is 0 Å². The highest BCUT2D eigenvalue weighted by molar-refractivity contribution is 9.10. The summed E-state index contributed by atoms with van der Waals surface area (Å²) in [5.74, 6) is -1.51. The Hall–Kier alpha value is -3.09. The van der Waals surface area contributed by atoms with E-state index < -0.39 is 29.1 Å². The van der Waals surface area contributed by atoms with Crippen LogP contribution in [-0.2, 0) is 26.0 Å². The van der Waals surface area contributed by atoms with E-state index in [0.29, 0.717) is 37.1 Å². The smallest absolute Gasteiger partial charge is 0.451 e. The Kier molecular flexibility index (Phi) is 7.81. The number of rotatable bonds is 8. The number of aldehydes is 1. The average molecular weight is 585 g/mol. The summed E-state index contributed by atoms with van der Waals surface area (Å²) in [5, 5.41) is 0. The zero-order chi connectivity index (χ0) is 26.8. The first-order chi connectivity index (χ1) is 17.7. The monoisotopic (exact) mass is 584 g/mol. The minimum atomic E-state index is -4.92. The number of anilines is 1. The lowest BCUT2D eigenvalue weighted by atomic mass is 9.94. The quantitative estimate of drug-likeness (QED) is 0.340. The van der Waals surface area contributed by atoms with Crippen molar-refractivity contribution in [2.75, 3.05) is 52.5 Å². The van der Waals surface area contributed by atoms with E-state index in [4.69, 9.17) is 23.4 Å². The molecular formula is C25H24BrF3N2O6. The number of nitrogens with zero attached hydrogens (tertiary/aromatic N) is 2. The first-order valence-electron chi connectivity index (χ1n) is 11.1. The topological polar surface area (TPSA) is 83.3 Å². The summed E-state index contributed by atoms with van der Waals surface area (Å²) in [6, 6.07) is 9.44. The fourth-order valence-electron chi connectivity index (χ4n) is 4.11. The van der Waals surface area contributed by atoms with E-state index in [1.165, 1.54) is 33.5 Å². The molecule has 198 valence electrons. The van der Waals surface area contributed by atoms with Crippen LogP contribution in [0.4, 0.5) is 18.9 Å². The summed E-state index contributed by atoms with van der Waals surface area (Å²) in [6.45, 7) is 2.56. The van der Waals surface area contributed by atoms with Crippen LogP contribution in [0.3, 0.4) is 0 Å². The number of hydrogen-bond acceptors (Lipinski definition) is 8. The molecule has 1 aliphatic heterocycles. The summed E-state index contributed by atoms with van der Waals surface area (Å²) < 4.78 is 69.3. The molecule has 1 fully saturated rings. The Bertz CT molecular complexity index is 1230. The standard InChI is InChI=1S/C25H24BrF3N2O6/c1-33-18-12-15(13-19(34-2)20(18)26)21-22(25(27,28)29)37-23(30-21)24(14-32,35-3)16-4-6-17(7-5-16)31-8-10-36-11-9-31/h4-7,12-14H,8-11H2,1-3H3. The van der Waals surface area contributed by atoms with Crippen molar-refractivity contribution in [2.24, 2.45) is 0 Å². The van der Waals surface area contributed by atoms with Crippen molar-refractivity contribution in [1.29, 1.82) is 0 Å². The maximum atomic E-state index is 14.1. The van der Waals surface area contributed by atoms with Gasteiger partial charge in [0.1, 0.15) is 21.7 Å². The molecule has 1 atom stereocenters. The van der Waals surface area contributed by atoms with Gasteiger partial charge in [0.15, 0.2) is 6.29 Å². The number of carbonyl (C=O) groups excluding carboxylic acids is 1. The third-order valence-corrected chi connectivity index (χ3v) is 6.86. The number of methoxy groups -OCH3 is 3. The fourth-order valence-corrected chi connectivity index (χ4v) is 4.66. The number of benzene rings is 2. The highest BCUT2D eigenvalue weighted by Crippen LogP contribution is 2.45. The van der Waals surface area contributed by atoms with E-state index in [2.05, 4.69) is 25.8 Å². The minimum Gasteiger partial charge on any atom is -0.495 e. The van der Waals surface area contributed by atoms with Crippen LogP contribution in [0.15, 0.2) is 45.3 Å². The lowest BCUT2D eigenvalue weighted by Gasteiger charge is -2.30. The van der Waals surface area contributed by atoms with Gasteiger partial charge in [-0.25, -0.2) is 4.98 Å². The van der Waals surface area contributed by atoms with Crippen LogP contribution in [0.5, 0.6) is 11.5 Å². The van der Waals surface area contributed by atoms with Gasteiger partial charge in [0.2, 0.25) is 17.3 Å². The molecule has 3 aromatic rings. The highest BCUT2D eigenvalue weighted by atomic mass is 79.9. The second-order valence-electron chi connectivity index (χ2n) is 8.09. The molecule has 0 spiro atoms. The predicted molar refractivity (Wildman–Crippen MR) is 131 cm³/mol. The molecule has 0 radical (unpaired) electrons. The van der Waals surface area contributed by atoms with Crippen LogP contribution in [0.1, 0.15) is 17.2 Å². The summed E-state index contributed by atoms with van der Waals surface area (Å²) in [7, 11) is 3.93. The van der Waals surface area contributed by atoms with Crippen molar-refractivity contribution in [3.05, 3.63) is 58.1 Å². The summed E-state index contributed by atoms with van der Waals surface area (Å²) in [5.41, 5.74) is -1.42. The number of carbonyl (C=O) groups is 1. The van der Waals surface area contributed by atoms with Crippen molar-refractivity contribution in [2.45, 2.75) is 11.8 Å². The molecule has 1 aliphatic rings. The largest absolute Gasteiger partial charge is 0.495 e. The first kappa shape index (κ1) is 27.0. The number of alkyl halides is 3. The fraction of sp³-hybridized carbons (Fsp3) is 0.360. The van der Waals surface area contributed by atoms with Gasteiger partial charge in [-0.3, -0.25) is 4.79 Å². The summed E-state index contributed by atoms with van der Waals surface area (Å²) >= 11 is 3.30. The molecule has 0 aliphatic carbocycles. The van der Waals surface area contributed by atoms with Crippen LogP contribution < -0.4 is 14.4 Å². The SMILES string of the molecule is COc1cc(-c2nc(C(C=O)(OC)c3ccc(N4CCOCC4)cc3)oc2C(F)(F)F)cc(OC)c1Br. The third kappa shape index (κ3) is 5.05. The number of aromatic nitrogens is 1. The van der Waals surface area contributed by atoms with Crippen LogP contribution in [0, 0.1) is 0 Å². The molecule has 2 heterocycles. The van der Waals surface area contributed by atoms with E-state index in [9.17, 15) is 18.0 Å². The van der Waals surface area contributed by atoms with E-state index in [1.807, 2.05) is 0 Å². The molecule has 37 heavy (non-hydrogen) atoms. The summed E-state index contributed by atoms with van der Waals surface area (Å²) in [6.07, 6.45) is -4.55. The molecule has 12 heteroatoms. The third-order valence-electron chi connectivity index (χ3n) is 6.08. The van der Waals surface area contributed by atoms with Crippen LogP contribution >= 0.6 is 15.9 Å². The van der Waals surface area contributed by atoms with Gasteiger partial charge in [-0.2, -0.15) is 13.2 Å². The van der Waals surface area contributed by atoms with E-state index >= 15 is 0 Å². The Labute approximate surface area is 219 Å². The molecule has 1 unspecified atom stereocenters. The van der Waals surface area contributed by atoms with Crippen molar-refractivity contribution >= 4 is 27.9 Å². The summed E-state index contributed by atoms with van der Waals surface area (Å²) in [4.78, 5) is 18.7. The molecule has 1 aromatic heterocycles. The maximum absolute atomic E-state index is 14.1. The predicted octanol–water partition coefficient (Wildman–Crippen LogP) is 5.07. The number of hydrogen-bond donors (Lipinski definition) is 0. The molecule has 0 bridgehead atoms. The van der Waals surface area contributed by atoms with Crippen LogP contribution in [0.2, 0.25) is 0 Å². The van der Waals surface area contributed by atoms with Crippen molar-refractivity contribution in [3.8, 4) is 22.8 Å². The van der Waals surface area contributed by atoms with Gasteiger partial charge in [0, 0.05) is 37.0 Å². The molecule has 0 N–H and O–H groups in total. The van der Waals surface area contributed by atoms with Crippen LogP contribution in [0.25, 0.3) is 11.3 Å². The molecule has 4 rings (SSSR count). The van der Waals surface area contributed by atoms with Gasteiger partial charge in [0.05, 0.1) is 27.4 Å². The van der Waals surface area contributed by atoms with Gasteiger partial charge in [-0.1, -0.05) is 12.1 Å². The van der Waals surface area contributed by atoms with Gasteiger partial charge in [-0.05, 0) is 40.2 Å². The second kappa shape index (κ2) is 10.7. The lowest BCUT2D eigenvalue weighted by Crippen LogP contribution is -2.36. The van der Waals surface area contributed by atoms with E-state index in [0.717, 1.165) is 5.69 Å². The van der Waals surface area contributed by atoms with Gasteiger partial charge < -0.3 is 28.3 Å². The average Bonchev–Trinajstić information content (AvgIpc) is 3.37. The number of halogens is 4. The maximum Gasteiger partial charge on any atom is 0.451 e. The Morgan fingerprint density at radius 2 is 1.62 bits per heavy atom. The number of oxazole rings is 1. The van der Waals surface area contributed by atoms with Crippen LogP contribution in [-0.4, -0.2) is 58.9 Å². The van der Waals surface area contributed by atoms with Gasteiger partial charge in [0.25, 0.3) is 0 Å². The molecule has 2 aromatic carbocycles. The minimum absolute atomic E-state index is 0.0118. The molecular weight excluding hydrogens is 561 g/mol. The normalized spacial score (nSPS) is 15.8. The zero-order valence-electron chi connectivity index (χ0n) is 20.2. The van der Waals surface area contributed by atoms with Gasteiger partial charge in [-0.15, -0.1) is 0 Å². The molecule has 1 saturated heterocycles. The Morgan fingerprint density at radius 3 is 2.11 bits per heavy atom. The van der Waals surface area contributed by atoms with Crippen molar-refractivity contribution < 1.29 is 41.3 Å².